The van der Waals surface area contributed by atoms with Gasteiger partial charge in [-0.25, -0.2) is 0 Å². The molecule has 39 heavy (non-hydrogen) atoms. The number of likely N-dealkylation sites (N-methyl/N-ethyl adjacent to an activating group) is 1. The van der Waals surface area contributed by atoms with Gasteiger partial charge in [-0.2, -0.15) is 0 Å². The lowest BCUT2D eigenvalue weighted by Gasteiger charge is -2.50. The number of nitrogens with zero attached hydrogens (tertiary/aromatic N) is 3. The van der Waals surface area contributed by atoms with Gasteiger partial charge in [-0.1, -0.05) is 36.5 Å². The molecule has 1 aliphatic carbocycles. The van der Waals surface area contributed by atoms with Crippen LogP contribution in [-0.4, -0.2) is 77.9 Å². The zero-order valence-corrected chi connectivity index (χ0v) is 25.4. The minimum Gasteiger partial charge on any atom is -0.346 e. The summed E-state index contributed by atoms with van der Waals surface area (Å²) in [7, 11) is 2.22. The van der Waals surface area contributed by atoms with Crippen molar-refractivity contribution in [1.82, 2.24) is 19.7 Å². The van der Waals surface area contributed by atoms with Gasteiger partial charge in [0.2, 0.25) is 5.91 Å². The Morgan fingerprint density at radius 3 is 2.46 bits per heavy atom. The Hall–Kier alpha value is -2.15. The van der Waals surface area contributed by atoms with Gasteiger partial charge in [0.1, 0.15) is 4.83 Å². The number of aromatic amines is 1. The fraction of sp³-hybridized carbons (Fsp3) is 0.606. The number of benzene rings is 1. The molecule has 3 fully saturated rings. The Balaban J connectivity index is 1.31. The minimum absolute atomic E-state index is 0.322. The van der Waals surface area contributed by atoms with Crippen LogP contribution >= 0.6 is 11.3 Å². The fourth-order valence-electron chi connectivity index (χ4n) is 7.24. The third kappa shape index (κ3) is 5.20. The van der Waals surface area contributed by atoms with E-state index >= 15 is 0 Å². The molecule has 5 nitrogen and oxygen atoms in total. The molecule has 2 saturated heterocycles. The first-order chi connectivity index (χ1) is 18.7. The van der Waals surface area contributed by atoms with Gasteiger partial charge in [0.05, 0.1) is 11.1 Å². The molecule has 6 heteroatoms. The van der Waals surface area contributed by atoms with Crippen LogP contribution in [0.1, 0.15) is 67.5 Å². The lowest BCUT2D eigenvalue weighted by molar-refractivity contribution is -0.149. The van der Waals surface area contributed by atoms with E-state index in [1.54, 1.807) is 11.3 Å². The third-order valence-electron chi connectivity index (χ3n) is 9.74. The third-order valence-corrected chi connectivity index (χ3v) is 11.1. The Morgan fingerprint density at radius 2 is 1.72 bits per heavy atom. The van der Waals surface area contributed by atoms with E-state index in [1.165, 1.54) is 75.1 Å². The zero-order chi connectivity index (χ0) is 27.3. The Labute approximate surface area is 238 Å². The number of hydrogen-bond donors (Lipinski definition) is 1. The first kappa shape index (κ1) is 27.0. The van der Waals surface area contributed by atoms with Crippen molar-refractivity contribution in [3.63, 3.8) is 0 Å². The standard InChI is InChI=1S/C33H46N4OS/c1-22-17-23(2)19-25(18-22)30-26(11-12-36-15-13-35(5)14-16-36)27-20-29(39-31(27)34-30)33(3,4)32(38)37-21-24-9-7-6-8-10-28(24)37/h17-20,24,28,34H,6-16,21H2,1-5H3. The summed E-state index contributed by atoms with van der Waals surface area (Å²) in [5.41, 5.74) is 6.04. The maximum absolute atomic E-state index is 13.9. The molecule has 1 saturated carbocycles. The van der Waals surface area contributed by atoms with Crippen LogP contribution in [0.3, 0.4) is 0 Å². The summed E-state index contributed by atoms with van der Waals surface area (Å²) < 4.78 is 0. The molecule has 1 amide bonds. The summed E-state index contributed by atoms with van der Waals surface area (Å²) in [6.45, 7) is 15.3. The number of hydrogen-bond acceptors (Lipinski definition) is 4. The quantitative estimate of drug-likeness (QED) is 0.391. The molecular weight excluding hydrogens is 500 g/mol. The zero-order valence-electron chi connectivity index (χ0n) is 24.6. The highest BCUT2D eigenvalue weighted by molar-refractivity contribution is 7.19. The molecule has 3 aliphatic rings. The molecule has 1 aromatic carbocycles. The largest absolute Gasteiger partial charge is 0.346 e. The number of nitrogens with one attached hydrogen (secondary N) is 1. The highest BCUT2D eigenvalue weighted by Gasteiger charge is 2.47. The number of piperazine rings is 1. The van der Waals surface area contributed by atoms with Crippen molar-refractivity contribution in [2.45, 2.75) is 77.7 Å². The SMILES string of the molecule is Cc1cc(C)cc(-c2[nH]c3sc(C(C)(C)C(=O)N4CC5CCCCCC54)cc3c2CCN2CCN(C)CC2)c1. The van der Waals surface area contributed by atoms with Gasteiger partial charge in [0.15, 0.2) is 0 Å². The molecular formula is C33H46N4OS. The van der Waals surface area contributed by atoms with Gasteiger partial charge in [-0.05, 0) is 89.2 Å². The van der Waals surface area contributed by atoms with Gasteiger partial charge >= 0.3 is 0 Å². The summed E-state index contributed by atoms with van der Waals surface area (Å²) in [4.78, 5) is 27.4. The molecule has 4 heterocycles. The molecule has 6 rings (SSSR count). The van der Waals surface area contributed by atoms with Crippen molar-refractivity contribution in [3.8, 4) is 11.3 Å². The molecule has 1 N–H and O–H groups in total. The van der Waals surface area contributed by atoms with Crippen LogP contribution in [-0.2, 0) is 16.6 Å². The van der Waals surface area contributed by atoms with Crippen molar-refractivity contribution < 1.29 is 4.79 Å². The molecule has 0 bridgehead atoms. The molecule has 210 valence electrons. The van der Waals surface area contributed by atoms with Crippen molar-refractivity contribution in [2.75, 3.05) is 46.3 Å². The van der Waals surface area contributed by atoms with E-state index in [-0.39, 0.29) is 0 Å². The smallest absolute Gasteiger partial charge is 0.233 e. The topological polar surface area (TPSA) is 42.6 Å². The number of rotatable bonds is 6. The predicted molar refractivity (Wildman–Crippen MR) is 164 cm³/mol. The highest BCUT2D eigenvalue weighted by atomic mass is 32.1. The summed E-state index contributed by atoms with van der Waals surface area (Å²) in [6.07, 6.45) is 7.44. The first-order valence-corrected chi connectivity index (χ1v) is 16.0. The summed E-state index contributed by atoms with van der Waals surface area (Å²) in [6, 6.07) is 9.69. The highest BCUT2D eigenvalue weighted by Crippen LogP contribution is 2.44. The van der Waals surface area contributed by atoms with Crippen LogP contribution in [0.4, 0.5) is 0 Å². The average Bonchev–Trinajstić information content (AvgIpc) is 3.39. The van der Waals surface area contributed by atoms with Crippen molar-refractivity contribution in [2.24, 2.45) is 5.92 Å². The van der Waals surface area contributed by atoms with E-state index in [9.17, 15) is 4.79 Å². The second-order valence-electron chi connectivity index (χ2n) is 13.2. The molecule has 0 radical (unpaired) electrons. The van der Waals surface area contributed by atoms with E-state index < -0.39 is 5.41 Å². The fourth-order valence-corrected chi connectivity index (χ4v) is 8.43. The second kappa shape index (κ2) is 10.7. The summed E-state index contributed by atoms with van der Waals surface area (Å²) in [5, 5.41) is 1.31. The second-order valence-corrected chi connectivity index (χ2v) is 14.2. The minimum atomic E-state index is -0.503. The van der Waals surface area contributed by atoms with Crippen molar-refractivity contribution >= 4 is 27.5 Å². The van der Waals surface area contributed by atoms with Crippen molar-refractivity contribution in [1.29, 1.82) is 0 Å². The number of carbonyl (C=O) groups is 1. The number of amides is 1. The van der Waals surface area contributed by atoms with Gasteiger partial charge < -0.3 is 19.7 Å². The number of carbonyl (C=O) groups excluding carboxylic acids is 1. The van der Waals surface area contributed by atoms with Crippen LogP contribution < -0.4 is 0 Å². The number of aryl methyl sites for hydroxylation is 2. The number of H-pyrrole nitrogens is 1. The molecule has 0 spiro atoms. The van der Waals surface area contributed by atoms with Gasteiger partial charge in [-0.15, -0.1) is 11.3 Å². The van der Waals surface area contributed by atoms with E-state index in [0.717, 1.165) is 51.6 Å². The average molecular weight is 547 g/mol. The van der Waals surface area contributed by atoms with E-state index in [0.29, 0.717) is 11.9 Å². The normalized spacial score (nSPS) is 23.1. The number of aromatic nitrogens is 1. The molecule has 2 aromatic heterocycles. The van der Waals surface area contributed by atoms with E-state index in [2.05, 4.69) is 78.7 Å². The molecule has 2 unspecified atom stereocenters. The van der Waals surface area contributed by atoms with Crippen LogP contribution in [0.15, 0.2) is 24.3 Å². The lowest BCUT2D eigenvalue weighted by atomic mass is 9.80. The van der Waals surface area contributed by atoms with E-state index in [1.807, 2.05) is 0 Å². The van der Waals surface area contributed by atoms with Crippen LogP contribution in [0.5, 0.6) is 0 Å². The Morgan fingerprint density at radius 1 is 1.00 bits per heavy atom. The summed E-state index contributed by atoms with van der Waals surface area (Å²) in [5.74, 6) is 1.05. The number of fused-ring (bicyclic) bond motifs is 2. The maximum Gasteiger partial charge on any atom is 0.233 e. The van der Waals surface area contributed by atoms with Crippen LogP contribution in [0.25, 0.3) is 21.5 Å². The summed E-state index contributed by atoms with van der Waals surface area (Å²) >= 11 is 1.79. The molecule has 3 aromatic rings. The Bertz CT molecular complexity index is 1320. The van der Waals surface area contributed by atoms with Gasteiger partial charge in [0.25, 0.3) is 0 Å². The Kier molecular flexibility index (Phi) is 7.41. The molecule has 2 aliphatic heterocycles. The molecule has 2 atom stereocenters. The predicted octanol–water partition coefficient (Wildman–Crippen LogP) is 6.37. The van der Waals surface area contributed by atoms with Crippen LogP contribution in [0.2, 0.25) is 0 Å². The van der Waals surface area contributed by atoms with Gasteiger partial charge in [0, 0.05) is 55.6 Å². The van der Waals surface area contributed by atoms with E-state index in [4.69, 9.17) is 0 Å². The van der Waals surface area contributed by atoms with Gasteiger partial charge in [-0.3, -0.25) is 4.79 Å². The van der Waals surface area contributed by atoms with Crippen molar-refractivity contribution in [3.05, 3.63) is 45.8 Å². The maximum atomic E-state index is 13.9. The monoisotopic (exact) mass is 546 g/mol. The number of likely N-dealkylation sites (tertiary alicyclic amines) is 1. The lowest BCUT2D eigenvalue weighted by Crippen LogP contribution is -2.61. The number of thiophene rings is 1. The van der Waals surface area contributed by atoms with Crippen LogP contribution in [0, 0.1) is 19.8 Å². The first-order valence-electron chi connectivity index (χ1n) is 15.2.